The van der Waals surface area contributed by atoms with E-state index in [4.69, 9.17) is 14.2 Å². The van der Waals surface area contributed by atoms with Crippen molar-refractivity contribution in [1.29, 1.82) is 0 Å². The number of nitrogens with one attached hydrogen (secondary N) is 2. The molecule has 0 radical (unpaired) electrons. The first-order chi connectivity index (χ1) is 12.8. The van der Waals surface area contributed by atoms with Gasteiger partial charge in [0.15, 0.2) is 17.5 Å². The predicted octanol–water partition coefficient (Wildman–Crippen LogP) is 4.19. The summed E-state index contributed by atoms with van der Waals surface area (Å²) in [7, 11) is 0. The summed E-state index contributed by atoms with van der Waals surface area (Å²) in [6, 6.07) is 5.91. The van der Waals surface area contributed by atoms with Crippen LogP contribution in [0.15, 0.2) is 23.2 Å². The van der Waals surface area contributed by atoms with Crippen molar-refractivity contribution < 1.29 is 14.2 Å². The summed E-state index contributed by atoms with van der Waals surface area (Å²) >= 11 is 0. The van der Waals surface area contributed by atoms with Crippen LogP contribution in [-0.4, -0.2) is 45.0 Å². The lowest BCUT2D eigenvalue weighted by atomic mass is 10.3. The maximum Gasteiger partial charge on any atom is 0.195 e. The fraction of sp³-hybridized carbons (Fsp3) is 0.650. The summed E-state index contributed by atoms with van der Waals surface area (Å²) in [4.78, 5) is 4.65. The SMILES string of the molecule is CCNC(=NCCCOC1CCCC1)Nc1ccc2c(c1)OCCCO2.I. The smallest absolute Gasteiger partial charge is 0.195 e. The Labute approximate surface area is 179 Å². The van der Waals surface area contributed by atoms with Crippen molar-refractivity contribution >= 4 is 35.6 Å². The summed E-state index contributed by atoms with van der Waals surface area (Å²) in [5, 5.41) is 6.63. The molecule has 152 valence electrons. The van der Waals surface area contributed by atoms with Gasteiger partial charge in [0.2, 0.25) is 0 Å². The monoisotopic (exact) mass is 489 g/mol. The molecule has 1 aliphatic heterocycles. The van der Waals surface area contributed by atoms with E-state index in [0.29, 0.717) is 19.3 Å². The highest BCUT2D eigenvalue weighted by Gasteiger charge is 2.14. The summed E-state index contributed by atoms with van der Waals surface area (Å²) in [5.74, 6) is 2.37. The molecule has 1 aliphatic carbocycles. The van der Waals surface area contributed by atoms with E-state index in [1.165, 1.54) is 25.7 Å². The third kappa shape index (κ3) is 7.37. The largest absolute Gasteiger partial charge is 0.490 e. The van der Waals surface area contributed by atoms with Crippen molar-refractivity contribution in [3.63, 3.8) is 0 Å². The molecule has 0 aromatic heterocycles. The average Bonchev–Trinajstić information content (AvgIpc) is 3.05. The molecular weight excluding hydrogens is 457 g/mol. The van der Waals surface area contributed by atoms with Gasteiger partial charge >= 0.3 is 0 Å². The van der Waals surface area contributed by atoms with Crippen LogP contribution in [0.5, 0.6) is 11.5 Å². The summed E-state index contributed by atoms with van der Waals surface area (Å²) in [6.45, 7) is 5.80. The van der Waals surface area contributed by atoms with Gasteiger partial charge in [0, 0.05) is 37.9 Å². The molecule has 0 spiro atoms. The first-order valence-electron chi connectivity index (χ1n) is 9.92. The number of guanidine groups is 1. The molecule has 7 heteroatoms. The van der Waals surface area contributed by atoms with Gasteiger partial charge in [0.05, 0.1) is 19.3 Å². The molecule has 1 aromatic carbocycles. The first kappa shape index (κ1) is 22.1. The van der Waals surface area contributed by atoms with Crippen molar-refractivity contribution in [3.8, 4) is 11.5 Å². The Balaban J connectivity index is 0.00000261. The molecule has 6 nitrogen and oxygen atoms in total. The van der Waals surface area contributed by atoms with Crippen molar-refractivity contribution in [2.45, 2.75) is 51.6 Å². The molecule has 0 atom stereocenters. The number of halogens is 1. The van der Waals surface area contributed by atoms with Crippen LogP contribution >= 0.6 is 24.0 Å². The summed E-state index contributed by atoms with van der Waals surface area (Å²) in [5.41, 5.74) is 0.941. The van der Waals surface area contributed by atoms with Crippen molar-refractivity contribution in [2.24, 2.45) is 4.99 Å². The second-order valence-electron chi connectivity index (χ2n) is 6.73. The summed E-state index contributed by atoms with van der Waals surface area (Å²) in [6.07, 6.45) is 7.39. The molecule has 0 unspecified atom stereocenters. The molecule has 3 rings (SSSR count). The number of aliphatic imine (C=N–C) groups is 1. The Kier molecular flexibility index (Phi) is 10.0. The van der Waals surface area contributed by atoms with Crippen LogP contribution in [0.2, 0.25) is 0 Å². The molecule has 2 aliphatic rings. The fourth-order valence-electron chi connectivity index (χ4n) is 3.25. The minimum absolute atomic E-state index is 0. The van der Waals surface area contributed by atoms with E-state index < -0.39 is 0 Å². The number of rotatable bonds is 7. The predicted molar refractivity (Wildman–Crippen MR) is 120 cm³/mol. The average molecular weight is 489 g/mol. The fourth-order valence-corrected chi connectivity index (χ4v) is 3.25. The highest BCUT2D eigenvalue weighted by atomic mass is 127. The molecule has 1 fully saturated rings. The number of anilines is 1. The molecule has 0 bridgehead atoms. The molecule has 1 saturated carbocycles. The third-order valence-electron chi connectivity index (χ3n) is 4.58. The van der Waals surface area contributed by atoms with E-state index in [0.717, 1.165) is 55.7 Å². The van der Waals surface area contributed by atoms with Crippen LogP contribution in [0.1, 0.15) is 45.4 Å². The molecular formula is C20H32IN3O3. The Bertz CT molecular complexity index is 592. The van der Waals surface area contributed by atoms with Crippen LogP contribution in [0.25, 0.3) is 0 Å². The summed E-state index contributed by atoms with van der Waals surface area (Å²) < 4.78 is 17.3. The van der Waals surface area contributed by atoms with Gasteiger partial charge in [-0.1, -0.05) is 12.8 Å². The maximum atomic E-state index is 5.90. The Morgan fingerprint density at radius 1 is 1.15 bits per heavy atom. The number of nitrogens with zero attached hydrogens (tertiary/aromatic N) is 1. The molecule has 0 amide bonds. The second kappa shape index (κ2) is 12.3. The Hall–Kier alpha value is -1.22. The number of benzene rings is 1. The van der Waals surface area contributed by atoms with Gasteiger partial charge in [0.25, 0.3) is 0 Å². The zero-order valence-corrected chi connectivity index (χ0v) is 18.5. The molecule has 1 aromatic rings. The minimum Gasteiger partial charge on any atom is -0.490 e. The van der Waals surface area contributed by atoms with Crippen LogP contribution in [0.4, 0.5) is 5.69 Å². The second-order valence-corrected chi connectivity index (χ2v) is 6.73. The van der Waals surface area contributed by atoms with Crippen LogP contribution in [0.3, 0.4) is 0 Å². The lowest BCUT2D eigenvalue weighted by molar-refractivity contribution is 0.0579. The van der Waals surface area contributed by atoms with E-state index in [9.17, 15) is 0 Å². The van der Waals surface area contributed by atoms with E-state index in [2.05, 4.69) is 22.5 Å². The van der Waals surface area contributed by atoms with Gasteiger partial charge < -0.3 is 24.8 Å². The molecule has 27 heavy (non-hydrogen) atoms. The van der Waals surface area contributed by atoms with Crippen molar-refractivity contribution in [3.05, 3.63) is 18.2 Å². The Morgan fingerprint density at radius 3 is 2.70 bits per heavy atom. The highest BCUT2D eigenvalue weighted by molar-refractivity contribution is 14.0. The van der Waals surface area contributed by atoms with E-state index in [1.54, 1.807) is 0 Å². The topological polar surface area (TPSA) is 64.1 Å². The van der Waals surface area contributed by atoms with E-state index >= 15 is 0 Å². The third-order valence-corrected chi connectivity index (χ3v) is 4.58. The molecule has 0 saturated heterocycles. The van der Waals surface area contributed by atoms with Gasteiger partial charge in [-0.05, 0) is 38.3 Å². The van der Waals surface area contributed by atoms with E-state index in [1.807, 2.05) is 18.2 Å². The molecule has 1 heterocycles. The van der Waals surface area contributed by atoms with Gasteiger partial charge in [-0.2, -0.15) is 0 Å². The van der Waals surface area contributed by atoms with E-state index in [-0.39, 0.29) is 24.0 Å². The maximum absolute atomic E-state index is 5.90. The van der Waals surface area contributed by atoms with Gasteiger partial charge in [-0.25, -0.2) is 0 Å². The zero-order chi connectivity index (χ0) is 18.0. The normalized spacial score (nSPS) is 17.1. The lowest BCUT2D eigenvalue weighted by Gasteiger charge is -2.14. The van der Waals surface area contributed by atoms with Crippen molar-refractivity contribution in [1.82, 2.24) is 5.32 Å². The van der Waals surface area contributed by atoms with Crippen molar-refractivity contribution in [2.75, 3.05) is 38.2 Å². The number of hydrogen-bond acceptors (Lipinski definition) is 4. The first-order valence-corrected chi connectivity index (χ1v) is 9.92. The van der Waals surface area contributed by atoms with Gasteiger partial charge in [0.1, 0.15) is 0 Å². The van der Waals surface area contributed by atoms with Gasteiger partial charge in [-0.15, -0.1) is 24.0 Å². The quantitative estimate of drug-likeness (QED) is 0.260. The lowest BCUT2D eigenvalue weighted by Crippen LogP contribution is -2.30. The highest BCUT2D eigenvalue weighted by Crippen LogP contribution is 2.32. The minimum atomic E-state index is 0. The number of ether oxygens (including phenoxy) is 3. The standard InChI is InChI=1S/C20H31N3O3.HI/c1-2-21-20(22-11-5-12-24-17-7-3-4-8-17)23-16-9-10-18-19(15-16)26-14-6-13-25-18;/h9-10,15,17H,2-8,11-14H2,1H3,(H2,21,22,23);1H. The Morgan fingerprint density at radius 2 is 1.93 bits per heavy atom. The zero-order valence-electron chi connectivity index (χ0n) is 16.2. The number of hydrogen-bond donors (Lipinski definition) is 2. The van der Waals surface area contributed by atoms with Gasteiger partial charge in [-0.3, -0.25) is 4.99 Å². The van der Waals surface area contributed by atoms with Crippen LogP contribution in [0, 0.1) is 0 Å². The molecule has 2 N–H and O–H groups in total. The van der Waals surface area contributed by atoms with Crippen LogP contribution in [-0.2, 0) is 4.74 Å². The van der Waals surface area contributed by atoms with Crippen LogP contribution < -0.4 is 20.1 Å². The number of fused-ring (bicyclic) bond motifs is 1.